The molecule has 0 aliphatic carbocycles. The number of hydrogen-bond acceptors (Lipinski definition) is 5. The van der Waals surface area contributed by atoms with E-state index in [0.29, 0.717) is 6.10 Å². The van der Waals surface area contributed by atoms with Gasteiger partial charge in [0.25, 0.3) is 0 Å². The van der Waals surface area contributed by atoms with Crippen LogP contribution in [0.5, 0.6) is 0 Å². The summed E-state index contributed by atoms with van der Waals surface area (Å²) in [6.45, 7) is 4.98. The highest BCUT2D eigenvalue weighted by Crippen LogP contribution is 2.17. The van der Waals surface area contributed by atoms with E-state index in [1.807, 2.05) is 6.92 Å². The summed E-state index contributed by atoms with van der Waals surface area (Å²) in [4.78, 5) is 2.31. The SMILES string of the molecule is Cc1nnc(CN(C)CCC[C@H]2CCCO2)s1. The monoisotopic (exact) mass is 255 g/mol. The van der Waals surface area contributed by atoms with Crippen molar-refractivity contribution in [3.05, 3.63) is 10.0 Å². The van der Waals surface area contributed by atoms with Gasteiger partial charge in [0, 0.05) is 6.61 Å². The molecule has 0 bridgehead atoms. The summed E-state index contributed by atoms with van der Waals surface area (Å²) in [6.07, 6.45) is 5.41. The third-order valence-electron chi connectivity index (χ3n) is 3.06. The zero-order chi connectivity index (χ0) is 12.1. The van der Waals surface area contributed by atoms with Crippen molar-refractivity contribution in [3.63, 3.8) is 0 Å². The lowest BCUT2D eigenvalue weighted by atomic mass is 10.1. The molecule has 0 spiro atoms. The maximum Gasteiger partial charge on any atom is 0.131 e. The minimum absolute atomic E-state index is 0.521. The van der Waals surface area contributed by atoms with E-state index in [-0.39, 0.29) is 0 Å². The average Bonchev–Trinajstić information content (AvgIpc) is 2.90. The van der Waals surface area contributed by atoms with Crippen molar-refractivity contribution in [2.45, 2.75) is 45.3 Å². The topological polar surface area (TPSA) is 38.2 Å². The largest absolute Gasteiger partial charge is 0.378 e. The van der Waals surface area contributed by atoms with Gasteiger partial charge in [-0.15, -0.1) is 21.5 Å². The van der Waals surface area contributed by atoms with Gasteiger partial charge in [0.1, 0.15) is 10.0 Å². The number of hydrogen-bond donors (Lipinski definition) is 0. The van der Waals surface area contributed by atoms with Crippen molar-refractivity contribution in [2.24, 2.45) is 0 Å². The van der Waals surface area contributed by atoms with Crippen LogP contribution in [0.4, 0.5) is 0 Å². The van der Waals surface area contributed by atoms with Gasteiger partial charge in [-0.3, -0.25) is 4.90 Å². The smallest absolute Gasteiger partial charge is 0.131 e. The number of aromatic nitrogens is 2. The summed E-state index contributed by atoms with van der Waals surface area (Å²) in [5.41, 5.74) is 0. The van der Waals surface area contributed by atoms with E-state index in [1.165, 1.54) is 25.7 Å². The first-order chi connectivity index (χ1) is 8.24. The molecule has 1 aliphatic heterocycles. The Morgan fingerprint density at radius 2 is 2.35 bits per heavy atom. The molecule has 1 aromatic heterocycles. The summed E-state index contributed by atoms with van der Waals surface area (Å²) < 4.78 is 5.62. The molecule has 17 heavy (non-hydrogen) atoms. The van der Waals surface area contributed by atoms with E-state index >= 15 is 0 Å². The molecule has 5 heteroatoms. The normalized spacial score (nSPS) is 20.3. The summed E-state index contributed by atoms with van der Waals surface area (Å²) in [5.74, 6) is 0. The molecule has 0 unspecified atom stereocenters. The molecule has 1 saturated heterocycles. The van der Waals surface area contributed by atoms with Crippen molar-refractivity contribution >= 4 is 11.3 Å². The first-order valence-electron chi connectivity index (χ1n) is 6.33. The highest BCUT2D eigenvalue weighted by molar-refractivity contribution is 7.11. The van der Waals surface area contributed by atoms with E-state index in [0.717, 1.165) is 29.7 Å². The minimum atomic E-state index is 0.521. The fourth-order valence-electron chi connectivity index (χ4n) is 2.17. The Balaban J connectivity index is 1.61. The predicted molar refractivity (Wildman–Crippen MR) is 69.2 cm³/mol. The average molecular weight is 255 g/mol. The van der Waals surface area contributed by atoms with Crippen LogP contribution in [0, 0.1) is 6.92 Å². The van der Waals surface area contributed by atoms with Crippen LogP contribution in [0.3, 0.4) is 0 Å². The van der Waals surface area contributed by atoms with Crippen molar-refractivity contribution < 1.29 is 4.74 Å². The minimum Gasteiger partial charge on any atom is -0.378 e. The maximum atomic E-state index is 5.62. The first-order valence-corrected chi connectivity index (χ1v) is 7.15. The molecule has 0 saturated carbocycles. The molecule has 4 nitrogen and oxygen atoms in total. The van der Waals surface area contributed by atoms with Crippen LogP contribution in [0.25, 0.3) is 0 Å². The number of aryl methyl sites for hydroxylation is 1. The second-order valence-corrected chi connectivity index (χ2v) is 6.00. The lowest BCUT2D eigenvalue weighted by Crippen LogP contribution is -2.20. The summed E-state index contributed by atoms with van der Waals surface area (Å²) in [5, 5.41) is 10.3. The number of rotatable bonds is 6. The standard InChI is InChI=1S/C12H21N3OS/c1-10-13-14-12(17-10)9-15(2)7-3-5-11-6-4-8-16-11/h11H,3-9H2,1-2H3/t11-/m0/s1. The third-order valence-corrected chi connectivity index (χ3v) is 3.89. The van der Waals surface area contributed by atoms with Crippen LogP contribution in [-0.2, 0) is 11.3 Å². The molecule has 1 atom stereocenters. The Morgan fingerprint density at radius 3 is 3.00 bits per heavy atom. The number of ether oxygens (including phenoxy) is 1. The van der Waals surface area contributed by atoms with Crippen molar-refractivity contribution in [1.82, 2.24) is 15.1 Å². The van der Waals surface area contributed by atoms with Crippen molar-refractivity contribution in [2.75, 3.05) is 20.2 Å². The fourth-order valence-corrected chi connectivity index (χ4v) is 2.96. The zero-order valence-electron chi connectivity index (χ0n) is 10.7. The summed E-state index contributed by atoms with van der Waals surface area (Å²) in [7, 11) is 2.15. The van der Waals surface area contributed by atoms with Crippen LogP contribution in [0.1, 0.15) is 35.7 Å². The van der Waals surface area contributed by atoms with Crippen LogP contribution in [0.15, 0.2) is 0 Å². The lowest BCUT2D eigenvalue weighted by Gasteiger charge is -2.16. The van der Waals surface area contributed by atoms with Gasteiger partial charge in [-0.2, -0.15) is 0 Å². The third kappa shape index (κ3) is 4.33. The van der Waals surface area contributed by atoms with E-state index in [2.05, 4.69) is 22.1 Å². The molecule has 2 heterocycles. The van der Waals surface area contributed by atoms with Crippen molar-refractivity contribution in [1.29, 1.82) is 0 Å². The second-order valence-electron chi connectivity index (χ2n) is 4.73. The molecular formula is C12H21N3OS. The van der Waals surface area contributed by atoms with Gasteiger partial charge >= 0.3 is 0 Å². The van der Waals surface area contributed by atoms with Crippen LogP contribution < -0.4 is 0 Å². The number of nitrogens with zero attached hydrogens (tertiary/aromatic N) is 3. The molecule has 1 aromatic rings. The van der Waals surface area contributed by atoms with Gasteiger partial charge in [0.2, 0.25) is 0 Å². The zero-order valence-corrected chi connectivity index (χ0v) is 11.5. The molecule has 0 N–H and O–H groups in total. The molecule has 96 valence electrons. The van der Waals surface area contributed by atoms with Crippen molar-refractivity contribution in [3.8, 4) is 0 Å². The quantitative estimate of drug-likeness (QED) is 0.781. The first kappa shape index (κ1) is 12.9. The Kier molecular flexibility index (Phi) is 4.88. The predicted octanol–water partition coefficient (Wildman–Crippen LogP) is 2.24. The van der Waals surface area contributed by atoms with Gasteiger partial charge in [-0.25, -0.2) is 0 Å². The lowest BCUT2D eigenvalue weighted by molar-refractivity contribution is 0.0995. The van der Waals surface area contributed by atoms with E-state index in [4.69, 9.17) is 4.74 Å². The fraction of sp³-hybridized carbons (Fsp3) is 0.833. The van der Waals surface area contributed by atoms with E-state index < -0.39 is 0 Å². The van der Waals surface area contributed by atoms with Gasteiger partial charge in [0.15, 0.2) is 0 Å². The molecule has 1 fully saturated rings. The van der Waals surface area contributed by atoms with E-state index in [9.17, 15) is 0 Å². The molecule has 1 aliphatic rings. The van der Waals surface area contributed by atoms with Crippen LogP contribution in [0.2, 0.25) is 0 Å². The highest BCUT2D eigenvalue weighted by atomic mass is 32.1. The molecule has 0 aromatic carbocycles. The Morgan fingerprint density at radius 1 is 1.47 bits per heavy atom. The Bertz CT molecular complexity index is 336. The van der Waals surface area contributed by atoms with Crippen LogP contribution >= 0.6 is 11.3 Å². The van der Waals surface area contributed by atoms with Gasteiger partial charge < -0.3 is 4.74 Å². The van der Waals surface area contributed by atoms with Gasteiger partial charge in [0.05, 0.1) is 12.6 Å². The van der Waals surface area contributed by atoms with Crippen LogP contribution in [-0.4, -0.2) is 41.4 Å². The van der Waals surface area contributed by atoms with Gasteiger partial charge in [-0.05, 0) is 46.2 Å². The summed E-state index contributed by atoms with van der Waals surface area (Å²) in [6, 6.07) is 0. The molecule has 2 rings (SSSR count). The maximum absolute atomic E-state index is 5.62. The summed E-state index contributed by atoms with van der Waals surface area (Å²) >= 11 is 1.69. The molecule has 0 amide bonds. The Hall–Kier alpha value is -0.520. The Labute approximate surface area is 107 Å². The molecule has 0 radical (unpaired) electrons. The molecular weight excluding hydrogens is 234 g/mol. The van der Waals surface area contributed by atoms with E-state index in [1.54, 1.807) is 11.3 Å². The van der Waals surface area contributed by atoms with Gasteiger partial charge in [-0.1, -0.05) is 0 Å². The highest BCUT2D eigenvalue weighted by Gasteiger charge is 2.15. The second kappa shape index (κ2) is 6.42.